The molecule has 4 unspecified atom stereocenters. The number of carbonyl (C=O) groups excluding carboxylic acids is 2. The topological polar surface area (TPSA) is 43.4 Å². The molecule has 0 N–H and O–H groups in total. The van der Waals surface area contributed by atoms with Crippen LogP contribution in [0.4, 0.5) is 0 Å². The van der Waals surface area contributed by atoms with E-state index in [9.17, 15) is 9.59 Å². The average Bonchev–Trinajstić information content (AvgIpc) is 3.24. The van der Waals surface area contributed by atoms with E-state index in [1.807, 2.05) is 6.07 Å². The molecule has 3 heteroatoms. The fourth-order valence-electron chi connectivity index (χ4n) is 5.83. The van der Waals surface area contributed by atoms with Crippen molar-refractivity contribution >= 4 is 11.9 Å². The molecule has 2 aromatic rings. The van der Waals surface area contributed by atoms with Gasteiger partial charge in [0.15, 0.2) is 0 Å². The zero-order valence-electron chi connectivity index (χ0n) is 24.0. The number of ether oxygens (including phenoxy) is 1. The molecule has 0 spiro atoms. The average molecular weight is 515 g/mol. The molecule has 4 atom stereocenters. The van der Waals surface area contributed by atoms with Gasteiger partial charge in [0.1, 0.15) is 0 Å². The second-order valence-corrected chi connectivity index (χ2v) is 12.1. The molecule has 0 radical (unpaired) electrons. The van der Waals surface area contributed by atoms with E-state index in [0.717, 1.165) is 44.1 Å². The molecule has 1 fully saturated rings. The van der Waals surface area contributed by atoms with E-state index in [2.05, 4.69) is 102 Å². The van der Waals surface area contributed by atoms with Crippen molar-refractivity contribution in [3.8, 4) is 0 Å². The lowest BCUT2D eigenvalue weighted by molar-refractivity contribution is -0.153. The second-order valence-electron chi connectivity index (χ2n) is 12.1. The fraction of sp³-hybridized carbons (Fsp3) is 0.486. The minimum absolute atomic E-state index is 0.00259. The number of esters is 2. The molecule has 2 aromatic carbocycles. The Labute approximate surface area is 230 Å². The quantitative estimate of drug-likeness (QED) is 0.143. The van der Waals surface area contributed by atoms with Crippen molar-refractivity contribution in [2.75, 3.05) is 0 Å². The van der Waals surface area contributed by atoms with Gasteiger partial charge < -0.3 is 4.74 Å². The van der Waals surface area contributed by atoms with Gasteiger partial charge in [0.2, 0.25) is 0 Å². The Morgan fingerprint density at radius 3 is 2.18 bits per heavy atom. The first kappa shape index (κ1) is 29.6. The Balaban J connectivity index is 1.65. The maximum atomic E-state index is 12.6. The highest BCUT2D eigenvalue weighted by molar-refractivity contribution is 5.95. The van der Waals surface area contributed by atoms with Gasteiger partial charge in [0.05, 0.1) is 12.3 Å². The molecule has 3 nitrogen and oxygen atoms in total. The van der Waals surface area contributed by atoms with E-state index in [1.54, 1.807) is 0 Å². The number of hydrogen-bond donors (Lipinski definition) is 0. The standard InChI is InChI=1S/C35H46O3/c1-7-28(30-16-12-9-13-17-30)22-25(2)20-21-35(5,6)24-27(4)31(32-23-33(36)38-34(32)37)19-18-26(3)29-14-10-8-11-15-29/h8-17,20,26,28,31-32H,4,7,18-19,21-24H2,1-3,5-6H3/b25-20+. The van der Waals surface area contributed by atoms with Gasteiger partial charge in [-0.3, -0.25) is 9.59 Å². The van der Waals surface area contributed by atoms with Crippen molar-refractivity contribution in [2.24, 2.45) is 17.3 Å². The van der Waals surface area contributed by atoms with Crippen molar-refractivity contribution in [3.63, 3.8) is 0 Å². The third-order valence-electron chi connectivity index (χ3n) is 8.23. The van der Waals surface area contributed by atoms with Crippen molar-refractivity contribution < 1.29 is 14.3 Å². The van der Waals surface area contributed by atoms with E-state index < -0.39 is 11.9 Å². The molecule has 0 aliphatic carbocycles. The summed E-state index contributed by atoms with van der Waals surface area (Å²) in [6.07, 6.45) is 8.25. The zero-order valence-corrected chi connectivity index (χ0v) is 24.0. The highest BCUT2D eigenvalue weighted by atomic mass is 16.6. The first-order valence-corrected chi connectivity index (χ1v) is 14.3. The summed E-state index contributed by atoms with van der Waals surface area (Å²) in [6, 6.07) is 21.2. The highest BCUT2D eigenvalue weighted by Gasteiger charge is 2.41. The molecular weight excluding hydrogens is 468 g/mol. The Kier molecular flexibility index (Phi) is 10.7. The molecule has 204 valence electrons. The van der Waals surface area contributed by atoms with E-state index in [4.69, 9.17) is 4.74 Å². The van der Waals surface area contributed by atoms with Crippen LogP contribution in [0.15, 0.2) is 84.5 Å². The van der Waals surface area contributed by atoms with Crippen molar-refractivity contribution in [1.29, 1.82) is 0 Å². The van der Waals surface area contributed by atoms with Crippen LogP contribution in [0.25, 0.3) is 0 Å². The SMILES string of the molecule is C=C(CC(C)(C)C/C=C(\C)CC(CC)c1ccccc1)C(CCC(C)c1ccccc1)C1CC(=O)OC1=O. The number of rotatable bonds is 14. The van der Waals surface area contributed by atoms with E-state index >= 15 is 0 Å². The maximum absolute atomic E-state index is 12.6. The monoisotopic (exact) mass is 514 g/mol. The van der Waals surface area contributed by atoms with E-state index in [1.165, 1.54) is 16.7 Å². The lowest BCUT2D eigenvalue weighted by Crippen LogP contribution is -2.24. The van der Waals surface area contributed by atoms with Crippen LogP contribution in [-0.4, -0.2) is 11.9 Å². The van der Waals surface area contributed by atoms with Gasteiger partial charge in [-0.15, -0.1) is 0 Å². The Bertz CT molecular complexity index is 1100. The van der Waals surface area contributed by atoms with Gasteiger partial charge in [-0.1, -0.05) is 112 Å². The van der Waals surface area contributed by atoms with Crippen LogP contribution in [0, 0.1) is 17.3 Å². The Morgan fingerprint density at radius 1 is 1.03 bits per heavy atom. The van der Waals surface area contributed by atoms with Gasteiger partial charge in [0, 0.05) is 0 Å². The highest BCUT2D eigenvalue weighted by Crippen LogP contribution is 2.41. The molecule has 0 bridgehead atoms. The number of benzene rings is 2. The molecule has 3 rings (SSSR count). The van der Waals surface area contributed by atoms with Crippen molar-refractivity contribution in [1.82, 2.24) is 0 Å². The minimum Gasteiger partial charge on any atom is -0.393 e. The first-order valence-electron chi connectivity index (χ1n) is 14.3. The summed E-state index contributed by atoms with van der Waals surface area (Å²) in [5, 5.41) is 0. The van der Waals surface area contributed by atoms with Crippen LogP contribution in [-0.2, 0) is 14.3 Å². The van der Waals surface area contributed by atoms with Gasteiger partial charge in [-0.05, 0) is 79.7 Å². The summed E-state index contributed by atoms with van der Waals surface area (Å²) in [5.41, 5.74) is 5.18. The predicted molar refractivity (Wildman–Crippen MR) is 157 cm³/mol. The van der Waals surface area contributed by atoms with E-state index in [0.29, 0.717) is 11.8 Å². The maximum Gasteiger partial charge on any atom is 0.317 e. The summed E-state index contributed by atoms with van der Waals surface area (Å²) in [4.78, 5) is 24.5. The summed E-state index contributed by atoms with van der Waals surface area (Å²) in [7, 11) is 0. The minimum atomic E-state index is -0.415. The number of carbonyl (C=O) groups is 2. The second kappa shape index (κ2) is 13.7. The van der Waals surface area contributed by atoms with Gasteiger partial charge in [-0.2, -0.15) is 0 Å². The largest absolute Gasteiger partial charge is 0.393 e. The van der Waals surface area contributed by atoms with Crippen LogP contribution in [0.2, 0.25) is 0 Å². The van der Waals surface area contributed by atoms with Gasteiger partial charge in [0.25, 0.3) is 0 Å². The van der Waals surface area contributed by atoms with Crippen LogP contribution in [0.1, 0.15) is 103 Å². The molecule has 0 saturated carbocycles. The van der Waals surface area contributed by atoms with Crippen LogP contribution >= 0.6 is 0 Å². The van der Waals surface area contributed by atoms with Gasteiger partial charge in [-0.25, -0.2) is 0 Å². The molecule has 1 heterocycles. The van der Waals surface area contributed by atoms with Crippen molar-refractivity contribution in [3.05, 3.63) is 95.6 Å². The van der Waals surface area contributed by atoms with Crippen LogP contribution < -0.4 is 0 Å². The molecule has 1 aliphatic rings. The molecule has 1 aliphatic heterocycles. The summed E-state index contributed by atoms with van der Waals surface area (Å²) >= 11 is 0. The summed E-state index contributed by atoms with van der Waals surface area (Å²) in [6.45, 7) is 15.8. The lowest BCUT2D eigenvalue weighted by Gasteiger charge is -2.31. The Hall–Kier alpha value is -2.94. The molecule has 38 heavy (non-hydrogen) atoms. The van der Waals surface area contributed by atoms with E-state index in [-0.39, 0.29) is 23.7 Å². The van der Waals surface area contributed by atoms with Crippen LogP contribution in [0.3, 0.4) is 0 Å². The smallest absolute Gasteiger partial charge is 0.317 e. The molecule has 0 aromatic heterocycles. The third-order valence-corrected chi connectivity index (χ3v) is 8.23. The zero-order chi connectivity index (χ0) is 27.7. The number of allylic oxidation sites excluding steroid dienone is 3. The normalized spacial score (nSPS) is 18.7. The first-order chi connectivity index (χ1) is 18.1. The van der Waals surface area contributed by atoms with Crippen LogP contribution in [0.5, 0.6) is 0 Å². The lowest BCUT2D eigenvalue weighted by atomic mass is 9.73. The fourth-order valence-corrected chi connectivity index (χ4v) is 5.83. The molecule has 1 saturated heterocycles. The molecular formula is C35H46O3. The van der Waals surface area contributed by atoms with Crippen molar-refractivity contribution in [2.45, 2.75) is 91.4 Å². The number of hydrogen-bond acceptors (Lipinski definition) is 3. The molecule has 0 amide bonds. The summed E-state index contributed by atoms with van der Waals surface area (Å²) < 4.78 is 4.96. The number of cyclic esters (lactones) is 2. The third kappa shape index (κ3) is 8.55. The Morgan fingerprint density at radius 2 is 1.63 bits per heavy atom. The van der Waals surface area contributed by atoms with Gasteiger partial charge >= 0.3 is 11.9 Å². The predicted octanol–water partition coefficient (Wildman–Crippen LogP) is 9.17. The summed E-state index contributed by atoms with van der Waals surface area (Å²) in [5.74, 6) is -0.347.